The van der Waals surface area contributed by atoms with Gasteiger partial charge in [-0.2, -0.15) is 0 Å². The number of aliphatic imine (C=N–C) groups is 1. The van der Waals surface area contributed by atoms with Crippen LogP contribution in [0.2, 0.25) is 0 Å². The Bertz CT molecular complexity index is 800. The van der Waals surface area contributed by atoms with Gasteiger partial charge in [-0.3, -0.25) is 0 Å². The normalized spacial score (nSPS) is 22.8. The predicted octanol–water partition coefficient (Wildman–Crippen LogP) is 4.23. The molecule has 2 heterocycles. The van der Waals surface area contributed by atoms with Crippen LogP contribution in [0.5, 0.6) is 5.75 Å². The van der Waals surface area contributed by atoms with E-state index in [-0.39, 0.29) is 24.0 Å². The lowest BCUT2D eigenvalue weighted by molar-refractivity contribution is 0.0992. The molecule has 2 aliphatic rings. The second kappa shape index (κ2) is 10.8. The van der Waals surface area contributed by atoms with E-state index in [0.717, 1.165) is 42.2 Å². The Labute approximate surface area is 190 Å². The zero-order chi connectivity index (χ0) is 19.2. The van der Waals surface area contributed by atoms with Crippen molar-refractivity contribution in [1.82, 2.24) is 10.6 Å². The molecule has 156 valence electrons. The third-order valence-electron chi connectivity index (χ3n) is 5.36. The Morgan fingerprint density at radius 2 is 1.90 bits per heavy atom. The fraction of sp³-hybridized carbons (Fsp3) is 0.435. The zero-order valence-corrected chi connectivity index (χ0v) is 19.2. The van der Waals surface area contributed by atoms with Gasteiger partial charge in [0, 0.05) is 12.1 Å². The van der Waals surface area contributed by atoms with Crippen LogP contribution in [0.25, 0.3) is 11.1 Å². The molecule has 2 saturated heterocycles. The van der Waals surface area contributed by atoms with Crippen molar-refractivity contribution in [3.63, 3.8) is 0 Å². The summed E-state index contributed by atoms with van der Waals surface area (Å²) in [4.78, 5) is 4.69. The smallest absolute Gasteiger partial charge is 0.191 e. The van der Waals surface area contributed by atoms with Crippen LogP contribution in [0.4, 0.5) is 0 Å². The van der Waals surface area contributed by atoms with E-state index in [2.05, 4.69) is 35.8 Å². The van der Waals surface area contributed by atoms with Gasteiger partial charge in [-0.05, 0) is 37.8 Å². The van der Waals surface area contributed by atoms with Crippen molar-refractivity contribution in [2.45, 2.75) is 44.4 Å². The van der Waals surface area contributed by atoms with Crippen LogP contribution in [-0.4, -0.2) is 43.9 Å². The second-order valence-corrected chi connectivity index (χ2v) is 7.33. The molecule has 0 aliphatic carbocycles. The highest BCUT2D eigenvalue weighted by molar-refractivity contribution is 14.0. The summed E-state index contributed by atoms with van der Waals surface area (Å²) >= 11 is 0. The quantitative estimate of drug-likeness (QED) is 0.255. The fourth-order valence-corrected chi connectivity index (χ4v) is 4.05. The molecular formula is C23H30IN3O2. The summed E-state index contributed by atoms with van der Waals surface area (Å²) in [5, 5.41) is 6.88. The summed E-state index contributed by atoms with van der Waals surface area (Å²) in [6.07, 6.45) is 4.20. The Morgan fingerprint density at radius 3 is 2.62 bits per heavy atom. The number of hydrogen-bond donors (Lipinski definition) is 2. The lowest BCUT2D eigenvalue weighted by Crippen LogP contribution is -2.47. The van der Waals surface area contributed by atoms with E-state index in [0.29, 0.717) is 31.4 Å². The Balaban J connectivity index is 0.00000240. The van der Waals surface area contributed by atoms with E-state index in [9.17, 15) is 0 Å². The number of fused-ring (bicyclic) bond motifs is 2. The highest BCUT2D eigenvalue weighted by Crippen LogP contribution is 2.34. The van der Waals surface area contributed by atoms with Gasteiger partial charge in [0.15, 0.2) is 5.96 Å². The van der Waals surface area contributed by atoms with Crippen molar-refractivity contribution in [3.8, 4) is 16.9 Å². The van der Waals surface area contributed by atoms with Gasteiger partial charge in [-0.25, -0.2) is 4.99 Å². The first-order chi connectivity index (χ1) is 13.8. The number of para-hydroxylation sites is 1. The van der Waals surface area contributed by atoms with Crippen LogP contribution >= 0.6 is 24.0 Å². The molecule has 29 heavy (non-hydrogen) atoms. The molecule has 2 aromatic carbocycles. The molecule has 0 saturated carbocycles. The molecule has 4 rings (SSSR count). The van der Waals surface area contributed by atoms with E-state index in [4.69, 9.17) is 14.5 Å². The minimum absolute atomic E-state index is 0. The first-order valence-corrected chi connectivity index (χ1v) is 10.3. The molecule has 2 fully saturated rings. The van der Waals surface area contributed by atoms with E-state index in [1.807, 2.05) is 36.4 Å². The first kappa shape index (κ1) is 21.9. The van der Waals surface area contributed by atoms with Gasteiger partial charge >= 0.3 is 0 Å². The Hall–Kier alpha value is -1.80. The largest absolute Gasteiger partial charge is 0.491 e. The standard InChI is InChI=1S/C23H29N3O2.HI/c1-2-24-23(26-20-16-18-12-13-22(20)28-18)25-14-15-27-21-11-7-6-10-19(21)17-8-4-3-5-9-17;/h3-11,18,20,22H,2,12-16H2,1H3,(H2,24,25,26);1H. The molecular weight excluding hydrogens is 477 g/mol. The molecule has 3 atom stereocenters. The number of nitrogens with one attached hydrogen (secondary N) is 2. The highest BCUT2D eigenvalue weighted by atomic mass is 127. The van der Waals surface area contributed by atoms with Gasteiger partial charge in [-0.1, -0.05) is 48.5 Å². The average molecular weight is 507 g/mol. The highest BCUT2D eigenvalue weighted by Gasteiger charge is 2.41. The summed E-state index contributed by atoms with van der Waals surface area (Å²) in [7, 11) is 0. The first-order valence-electron chi connectivity index (χ1n) is 10.3. The van der Waals surface area contributed by atoms with E-state index in [1.54, 1.807) is 0 Å². The van der Waals surface area contributed by atoms with E-state index < -0.39 is 0 Å². The average Bonchev–Trinajstić information content (AvgIpc) is 3.35. The molecule has 6 heteroatoms. The summed E-state index contributed by atoms with van der Waals surface area (Å²) in [6.45, 7) is 4.06. The summed E-state index contributed by atoms with van der Waals surface area (Å²) in [6, 6.07) is 18.8. The fourth-order valence-electron chi connectivity index (χ4n) is 4.05. The van der Waals surface area contributed by atoms with E-state index in [1.165, 1.54) is 6.42 Å². The number of nitrogens with zero attached hydrogens (tertiary/aromatic N) is 1. The third-order valence-corrected chi connectivity index (χ3v) is 5.36. The molecule has 0 radical (unpaired) electrons. The molecule has 0 amide bonds. The summed E-state index contributed by atoms with van der Waals surface area (Å²) in [5.41, 5.74) is 2.27. The topological polar surface area (TPSA) is 54.9 Å². The van der Waals surface area contributed by atoms with Gasteiger partial charge in [0.25, 0.3) is 0 Å². The van der Waals surface area contributed by atoms with Crippen LogP contribution in [0, 0.1) is 0 Å². The van der Waals surface area contributed by atoms with Crippen molar-refractivity contribution in [2.24, 2.45) is 4.99 Å². The van der Waals surface area contributed by atoms with Gasteiger partial charge in [0.2, 0.25) is 0 Å². The number of halogens is 1. The molecule has 2 aromatic rings. The number of benzene rings is 2. The lowest BCUT2D eigenvalue weighted by atomic mass is 9.96. The molecule has 2 N–H and O–H groups in total. The van der Waals surface area contributed by atoms with Crippen molar-refractivity contribution >= 4 is 29.9 Å². The van der Waals surface area contributed by atoms with Crippen LogP contribution in [0.15, 0.2) is 59.6 Å². The maximum atomic E-state index is 6.05. The third kappa shape index (κ3) is 5.63. The molecule has 3 unspecified atom stereocenters. The van der Waals surface area contributed by atoms with Crippen molar-refractivity contribution in [3.05, 3.63) is 54.6 Å². The van der Waals surface area contributed by atoms with Gasteiger partial charge in [-0.15, -0.1) is 24.0 Å². The van der Waals surface area contributed by atoms with Gasteiger partial charge in [0.1, 0.15) is 12.4 Å². The molecule has 0 aromatic heterocycles. The van der Waals surface area contributed by atoms with Crippen LogP contribution < -0.4 is 15.4 Å². The predicted molar refractivity (Wildman–Crippen MR) is 128 cm³/mol. The van der Waals surface area contributed by atoms with Gasteiger partial charge in [0.05, 0.1) is 24.8 Å². The van der Waals surface area contributed by atoms with Crippen LogP contribution in [0.3, 0.4) is 0 Å². The molecule has 5 nitrogen and oxygen atoms in total. The SMILES string of the molecule is CCNC(=NCCOc1ccccc1-c1ccccc1)NC1CC2CCC1O2.I. The lowest BCUT2D eigenvalue weighted by Gasteiger charge is -2.22. The number of guanidine groups is 1. The number of ether oxygens (including phenoxy) is 2. The minimum Gasteiger partial charge on any atom is -0.491 e. The second-order valence-electron chi connectivity index (χ2n) is 7.33. The number of hydrogen-bond acceptors (Lipinski definition) is 3. The monoisotopic (exact) mass is 507 g/mol. The van der Waals surface area contributed by atoms with Crippen LogP contribution in [0.1, 0.15) is 26.2 Å². The zero-order valence-electron chi connectivity index (χ0n) is 16.8. The molecule has 2 bridgehead atoms. The molecule has 2 aliphatic heterocycles. The summed E-state index contributed by atoms with van der Waals surface area (Å²) < 4.78 is 12.0. The van der Waals surface area contributed by atoms with Crippen molar-refractivity contribution in [1.29, 1.82) is 0 Å². The van der Waals surface area contributed by atoms with Crippen LogP contribution in [-0.2, 0) is 4.74 Å². The number of rotatable bonds is 7. The van der Waals surface area contributed by atoms with Gasteiger partial charge < -0.3 is 20.1 Å². The maximum Gasteiger partial charge on any atom is 0.191 e. The van der Waals surface area contributed by atoms with E-state index >= 15 is 0 Å². The maximum absolute atomic E-state index is 6.05. The Kier molecular flexibility index (Phi) is 8.18. The Morgan fingerprint density at radius 1 is 1.10 bits per heavy atom. The van der Waals surface area contributed by atoms with Crippen molar-refractivity contribution < 1.29 is 9.47 Å². The minimum atomic E-state index is 0. The van der Waals surface area contributed by atoms with Crippen molar-refractivity contribution in [2.75, 3.05) is 19.7 Å². The molecule has 0 spiro atoms. The summed E-state index contributed by atoms with van der Waals surface area (Å²) in [5.74, 6) is 1.74.